The molecule has 0 aliphatic heterocycles. The highest BCUT2D eigenvalue weighted by molar-refractivity contribution is 5.77. The average molecular weight is 307 g/mol. The Labute approximate surface area is 137 Å². The number of hydrogen-bond donors (Lipinski definition) is 1. The first kappa shape index (κ1) is 16.7. The third-order valence-corrected chi connectivity index (χ3v) is 3.86. The topological polar surface area (TPSA) is 65.8 Å². The number of nitrogens with one attached hydrogen (secondary N) is 1. The smallest absolute Gasteiger partial charge is 0.221 e. The lowest BCUT2D eigenvalue weighted by atomic mass is 9.95. The van der Waals surface area contributed by atoms with E-state index < -0.39 is 5.54 Å². The van der Waals surface area contributed by atoms with E-state index in [9.17, 15) is 4.79 Å². The van der Waals surface area contributed by atoms with Crippen molar-refractivity contribution in [1.82, 2.24) is 10.3 Å². The van der Waals surface area contributed by atoms with Crippen molar-refractivity contribution in [2.24, 2.45) is 0 Å². The molecule has 118 valence electrons. The SMILES string of the molecule is C[C@@H](CC(=O)NC(C)(C)c1ccccn1)c1ccc(C#N)cc1. The summed E-state index contributed by atoms with van der Waals surface area (Å²) in [6.07, 6.45) is 2.12. The van der Waals surface area contributed by atoms with Gasteiger partial charge in [-0.05, 0) is 49.6 Å². The van der Waals surface area contributed by atoms with Gasteiger partial charge in [-0.25, -0.2) is 0 Å². The number of aromatic nitrogens is 1. The number of benzene rings is 1. The largest absolute Gasteiger partial charge is 0.346 e. The van der Waals surface area contributed by atoms with E-state index in [-0.39, 0.29) is 11.8 Å². The van der Waals surface area contributed by atoms with Crippen molar-refractivity contribution in [2.75, 3.05) is 0 Å². The predicted octanol–water partition coefficient (Wildman–Crippen LogP) is 3.50. The maximum atomic E-state index is 12.3. The fourth-order valence-electron chi connectivity index (χ4n) is 2.48. The summed E-state index contributed by atoms with van der Waals surface area (Å²) in [5.41, 5.74) is 2.00. The van der Waals surface area contributed by atoms with Crippen molar-refractivity contribution < 1.29 is 4.79 Å². The van der Waals surface area contributed by atoms with Crippen LogP contribution in [0.3, 0.4) is 0 Å². The van der Waals surface area contributed by atoms with Gasteiger partial charge in [-0.3, -0.25) is 9.78 Å². The molecule has 0 radical (unpaired) electrons. The van der Waals surface area contributed by atoms with Gasteiger partial charge >= 0.3 is 0 Å². The van der Waals surface area contributed by atoms with Crippen LogP contribution in [0.4, 0.5) is 0 Å². The van der Waals surface area contributed by atoms with Crippen LogP contribution in [-0.2, 0) is 10.3 Å². The van der Waals surface area contributed by atoms with Crippen LogP contribution in [0, 0.1) is 11.3 Å². The molecular weight excluding hydrogens is 286 g/mol. The van der Waals surface area contributed by atoms with Crippen molar-refractivity contribution in [3.63, 3.8) is 0 Å². The maximum Gasteiger partial charge on any atom is 0.221 e. The van der Waals surface area contributed by atoms with E-state index in [1.165, 1.54) is 0 Å². The van der Waals surface area contributed by atoms with Gasteiger partial charge in [-0.15, -0.1) is 0 Å². The van der Waals surface area contributed by atoms with E-state index in [0.29, 0.717) is 12.0 Å². The van der Waals surface area contributed by atoms with E-state index in [1.807, 2.05) is 51.1 Å². The van der Waals surface area contributed by atoms with Crippen LogP contribution >= 0.6 is 0 Å². The maximum absolute atomic E-state index is 12.3. The van der Waals surface area contributed by atoms with Crippen molar-refractivity contribution >= 4 is 5.91 Å². The molecule has 4 nitrogen and oxygen atoms in total. The van der Waals surface area contributed by atoms with Gasteiger partial charge < -0.3 is 5.32 Å². The van der Waals surface area contributed by atoms with Gasteiger partial charge in [0.25, 0.3) is 0 Å². The molecule has 2 rings (SSSR count). The second kappa shape index (κ2) is 7.06. The molecule has 23 heavy (non-hydrogen) atoms. The highest BCUT2D eigenvalue weighted by Crippen LogP contribution is 2.22. The minimum absolute atomic E-state index is 0.0162. The number of amides is 1. The van der Waals surface area contributed by atoms with Gasteiger partial charge in [-0.2, -0.15) is 5.26 Å². The van der Waals surface area contributed by atoms with Gasteiger partial charge in [0.2, 0.25) is 5.91 Å². The summed E-state index contributed by atoms with van der Waals surface area (Å²) in [4.78, 5) is 16.7. The minimum Gasteiger partial charge on any atom is -0.346 e. The standard InChI is InChI=1S/C19H21N3O/c1-14(16-9-7-15(13-20)8-10-16)12-18(23)22-19(2,3)17-6-4-5-11-21-17/h4-11,14H,12H2,1-3H3,(H,22,23)/t14-/m0/s1. The molecule has 4 heteroatoms. The first-order chi connectivity index (χ1) is 10.9. The summed E-state index contributed by atoms with van der Waals surface area (Å²) in [6.45, 7) is 5.90. The number of pyridine rings is 1. The number of carbonyl (C=O) groups is 1. The Bertz CT molecular complexity index is 700. The Kier molecular flexibility index (Phi) is 5.13. The first-order valence-corrected chi connectivity index (χ1v) is 7.65. The van der Waals surface area contributed by atoms with Crippen molar-refractivity contribution in [1.29, 1.82) is 5.26 Å². The summed E-state index contributed by atoms with van der Waals surface area (Å²) in [5.74, 6) is 0.0692. The predicted molar refractivity (Wildman–Crippen MR) is 89.6 cm³/mol. The third kappa shape index (κ3) is 4.40. The van der Waals surface area contributed by atoms with Gasteiger partial charge in [0, 0.05) is 12.6 Å². The Morgan fingerprint density at radius 3 is 2.52 bits per heavy atom. The van der Waals surface area contributed by atoms with Crippen LogP contribution in [0.2, 0.25) is 0 Å². The van der Waals surface area contributed by atoms with Crippen LogP contribution in [0.1, 0.15) is 49.9 Å². The number of hydrogen-bond acceptors (Lipinski definition) is 3. The van der Waals surface area contributed by atoms with Crippen molar-refractivity contribution in [3.8, 4) is 6.07 Å². The number of nitriles is 1. The molecule has 0 spiro atoms. The molecule has 0 fully saturated rings. The van der Waals surface area contributed by atoms with E-state index in [4.69, 9.17) is 5.26 Å². The Morgan fingerprint density at radius 1 is 1.26 bits per heavy atom. The van der Waals surface area contributed by atoms with Gasteiger partial charge in [0.05, 0.1) is 22.9 Å². The lowest BCUT2D eigenvalue weighted by molar-refractivity contribution is -0.123. The van der Waals surface area contributed by atoms with Gasteiger partial charge in [0.1, 0.15) is 0 Å². The van der Waals surface area contributed by atoms with E-state index >= 15 is 0 Å². The monoisotopic (exact) mass is 307 g/mol. The molecule has 2 aromatic rings. The van der Waals surface area contributed by atoms with Crippen LogP contribution in [0.25, 0.3) is 0 Å². The summed E-state index contributed by atoms with van der Waals surface area (Å²) in [6, 6.07) is 15.1. The van der Waals surface area contributed by atoms with Crippen LogP contribution < -0.4 is 5.32 Å². The highest BCUT2D eigenvalue weighted by atomic mass is 16.1. The van der Waals surface area contributed by atoms with Crippen LogP contribution in [0.15, 0.2) is 48.7 Å². The Balaban J connectivity index is 1.99. The Morgan fingerprint density at radius 2 is 1.96 bits per heavy atom. The molecule has 1 N–H and O–H groups in total. The third-order valence-electron chi connectivity index (χ3n) is 3.86. The summed E-state index contributed by atoms with van der Waals surface area (Å²) in [5, 5.41) is 11.9. The summed E-state index contributed by atoms with van der Waals surface area (Å²) >= 11 is 0. The number of rotatable bonds is 5. The van der Waals surface area contributed by atoms with Gasteiger partial charge in [0.15, 0.2) is 0 Å². The zero-order valence-electron chi connectivity index (χ0n) is 13.7. The second-order valence-electron chi connectivity index (χ2n) is 6.23. The number of nitrogens with zero attached hydrogens (tertiary/aromatic N) is 2. The highest BCUT2D eigenvalue weighted by Gasteiger charge is 2.24. The van der Waals surface area contributed by atoms with Gasteiger partial charge in [-0.1, -0.05) is 25.1 Å². The zero-order valence-corrected chi connectivity index (χ0v) is 13.7. The minimum atomic E-state index is -0.511. The summed E-state index contributed by atoms with van der Waals surface area (Å²) in [7, 11) is 0. The molecule has 1 aromatic carbocycles. The van der Waals surface area contributed by atoms with E-state index in [0.717, 1.165) is 11.3 Å². The zero-order chi connectivity index (χ0) is 16.9. The van der Waals surface area contributed by atoms with E-state index in [2.05, 4.69) is 16.4 Å². The first-order valence-electron chi connectivity index (χ1n) is 7.65. The molecule has 1 amide bonds. The van der Waals surface area contributed by atoms with Crippen molar-refractivity contribution in [2.45, 2.75) is 38.6 Å². The molecule has 1 atom stereocenters. The molecule has 1 aromatic heterocycles. The molecule has 0 unspecified atom stereocenters. The fraction of sp³-hybridized carbons (Fsp3) is 0.316. The molecule has 0 saturated heterocycles. The molecular formula is C19H21N3O. The summed E-state index contributed by atoms with van der Waals surface area (Å²) < 4.78 is 0. The van der Waals surface area contributed by atoms with E-state index in [1.54, 1.807) is 18.3 Å². The lowest BCUT2D eigenvalue weighted by Gasteiger charge is -2.26. The quantitative estimate of drug-likeness (QED) is 0.919. The van der Waals surface area contributed by atoms with Crippen LogP contribution in [0.5, 0.6) is 0 Å². The molecule has 0 aliphatic carbocycles. The molecule has 0 aliphatic rings. The normalized spacial score (nSPS) is 12.3. The van der Waals surface area contributed by atoms with Crippen molar-refractivity contribution in [3.05, 3.63) is 65.5 Å². The Hall–Kier alpha value is -2.67. The second-order valence-corrected chi connectivity index (χ2v) is 6.23. The van der Waals surface area contributed by atoms with Crippen LogP contribution in [-0.4, -0.2) is 10.9 Å². The average Bonchev–Trinajstić information content (AvgIpc) is 2.55. The molecule has 1 heterocycles. The number of carbonyl (C=O) groups excluding carboxylic acids is 1. The fourth-order valence-corrected chi connectivity index (χ4v) is 2.48. The molecule has 0 saturated carbocycles. The lowest BCUT2D eigenvalue weighted by Crippen LogP contribution is -2.41. The molecule has 0 bridgehead atoms.